The van der Waals surface area contributed by atoms with E-state index in [9.17, 15) is 9.18 Å². The van der Waals surface area contributed by atoms with Crippen molar-refractivity contribution in [1.29, 1.82) is 0 Å². The van der Waals surface area contributed by atoms with Gasteiger partial charge in [-0.1, -0.05) is 47.6 Å². The molecule has 1 N–H and O–H groups in total. The van der Waals surface area contributed by atoms with E-state index < -0.39 is 11.7 Å². The second-order valence-corrected chi connectivity index (χ2v) is 4.38. The number of carbonyl (C=O) groups is 1. The van der Waals surface area contributed by atoms with Crippen LogP contribution in [0.3, 0.4) is 0 Å². The van der Waals surface area contributed by atoms with Crippen LogP contribution in [0.5, 0.6) is 0 Å². The standard InChI is InChI=1S/C16H11FN2O2/c17-13-8-4-5-9-14(13)18-16(20)12-10-21-19-15(12)11-6-2-1-3-7-11/h1-10H,(H,18,20). The first-order valence-corrected chi connectivity index (χ1v) is 6.31. The summed E-state index contributed by atoms with van der Waals surface area (Å²) in [5, 5.41) is 6.35. The summed E-state index contributed by atoms with van der Waals surface area (Å²) in [6, 6.07) is 15.1. The third kappa shape index (κ3) is 2.67. The van der Waals surface area contributed by atoms with Crippen LogP contribution in [-0.4, -0.2) is 11.1 Å². The molecule has 0 unspecified atom stereocenters. The molecule has 0 aliphatic heterocycles. The van der Waals surface area contributed by atoms with Crippen LogP contribution in [0, 0.1) is 5.82 Å². The number of anilines is 1. The Morgan fingerprint density at radius 3 is 2.52 bits per heavy atom. The van der Waals surface area contributed by atoms with Gasteiger partial charge >= 0.3 is 0 Å². The number of amides is 1. The quantitative estimate of drug-likeness (QED) is 0.796. The first kappa shape index (κ1) is 13.1. The normalized spacial score (nSPS) is 10.3. The number of hydrogen-bond donors (Lipinski definition) is 1. The Bertz CT molecular complexity index is 769. The van der Waals surface area contributed by atoms with E-state index in [0.717, 1.165) is 5.56 Å². The van der Waals surface area contributed by atoms with Crippen molar-refractivity contribution in [3.63, 3.8) is 0 Å². The van der Waals surface area contributed by atoms with Gasteiger partial charge in [0.25, 0.3) is 5.91 Å². The lowest BCUT2D eigenvalue weighted by Gasteiger charge is -2.05. The van der Waals surface area contributed by atoms with Crippen molar-refractivity contribution >= 4 is 11.6 Å². The van der Waals surface area contributed by atoms with Gasteiger partial charge in [0.05, 0.1) is 5.69 Å². The first-order valence-electron chi connectivity index (χ1n) is 6.31. The average molecular weight is 282 g/mol. The molecule has 0 radical (unpaired) electrons. The van der Waals surface area contributed by atoms with Gasteiger partial charge in [0.2, 0.25) is 0 Å². The highest BCUT2D eigenvalue weighted by atomic mass is 19.1. The summed E-state index contributed by atoms with van der Waals surface area (Å²) >= 11 is 0. The zero-order valence-electron chi connectivity index (χ0n) is 10.9. The van der Waals surface area contributed by atoms with Crippen LogP contribution in [0.1, 0.15) is 10.4 Å². The number of rotatable bonds is 3. The fourth-order valence-corrected chi connectivity index (χ4v) is 1.95. The summed E-state index contributed by atoms with van der Waals surface area (Å²) in [7, 11) is 0. The van der Waals surface area contributed by atoms with E-state index >= 15 is 0 Å². The van der Waals surface area contributed by atoms with Gasteiger partial charge in [-0.3, -0.25) is 4.79 Å². The molecule has 0 atom stereocenters. The number of aromatic nitrogens is 1. The van der Waals surface area contributed by atoms with Crippen molar-refractivity contribution in [2.24, 2.45) is 0 Å². The minimum absolute atomic E-state index is 0.114. The molecule has 21 heavy (non-hydrogen) atoms. The molecule has 2 aromatic carbocycles. The number of para-hydroxylation sites is 1. The van der Waals surface area contributed by atoms with Crippen molar-refractivity contribution in [2.45, 2.75) is 0 Å². The monoisotopic (exact) mass is 282 g/mol. The fourth-order valence-electron chi connectivity index (χ4n) is 1.95. The molecule has 1 amide bonds. The van der Waals surface area contributed by atoms with Crippen LogP contribution in [-0.2, 0) is 0 Å². The molecule has 0 aliphatic rings. The molecule has 4 nitrogen and oxygen atoms in total. The summed E-state index contributed by atoms with van der Waals surface area (Å²) in [6.45, 7) is 0. The summed E-state index contributed by atoms with van der Waals surface area (Å²) in [4.78, 5) is 12.2. The van der Waals surface area contributed by atoms with Gasteiger partial charge in [-0.2, -0.15) is 0 Å². The van der Waals surface area contributed by atoms with Crippen LogP contribution in [0.4, 0.5) is 10.1 Å². The van der Waals surface area contributed by atoms with E-state index in [1.165, 1.54) is 18.4 Å². The molecular weight excluding hydrogens is 271 g/mol. The molecule has 0 fully saturated rings. The van der Waals surface area contributed by atoms with Gasteiger partial charge in [-0.25, -0.2) is 4.39 Å². The smallest absolute Gasteiger partial charge is 0.261 e. The molecule has 0 saturated carbocycles. The van der Waals surface area contributed by atoms with Crippen molar-refractivity contribution < 1.29 is 13.7 Å². The maximum absolute atomic E-state index is 13.6. The Morgan fingerprint density at radius 1 is 1.05 bits per heavy atom. The second-order valence-electron chi connectivity index (χ2n) is 4.38. The lowest BCUT2D eigenvalue weighted by molar-refractivity contribution is 0.102. The molecule has 0 saturated heterocycles. The molecular formula is C16H11FN2O2. The molecule has 1 heterocycles. The topological polar surface area (TPSA) is 55.1 Å². The zero-order chi connectivity index (χ0) is 14.7. The van der Waals surface area contributed by atoms with Crippen molar-refractivity contribution in [1.82, 2.24) is 5.16 Å². The number of halogens is 1. The highest BCUT2D eigenvalue weighted by molar-refractivity contribution is 6.07. The molecule has 0 bridgehead atoms. The number of benzene rings is 2. The Labute approximate surface area is 120 Å². The molecule has 3 rings (SSSR count). The summed E-state index contributed by atoms with van der Waals surface area (Å²) in [5.41, 5.74) is 1.54. The van der Waals surface area contributed by atoms with Crippen LogP contribution in [0.25, 0.3) is 11.3 Å². The van der Waals surface area contributed by atoms with E-state index in [4.69, 9.17) is 4.52 Å². The third-order valence-corrected chi connectivity index (χ3v) is 2.98. The zero-order valence-corrected chi connectivity index (χ0v) is 10.9. The predicted molar refractivity (Wildman–Crippen MR) is 76.3 cm³/mol. The molecule has 104 valence electrons. The van der Waals surface area contributed by atoms with Gasteiger partial charge < -0.3 is 9.84 Å². The molecule has 0 aliphatic carbocycles. The summed E-state index contributed by atoms with van der Waals surface area (Å²) < 4.78 is 18.4. The SMILES string of the molecule is O=C(Nc1ccccc1F)c1conc1-c1ccccc1. The van der Waals surface area contributed by atoms with Gasteiger partial charge in [0.15, 0.2) is 0 Å². The highest BCUT2D eigenvalue weighted by Gasteiger charge is 2.18. The summed E-state index contributed by atoms with van der Waals surface area (Å²) in [6.07, 6.45) is 1.25. The van der Waals surface area contributed by atoms with Crippen LogP contribution in [0.2, 0.25) is 0 Å². The first-order chi connectivity index (χ1) is 10.3. The van der Waals surface area contributed by atoms with E-state index in [-0.39, 0.29) is 11.3 Å². The minimum Gasteiger partial charge on any atom is -0.363 e. The number of nitrogens with zero attached hydrogens (tertiary/aromatic N) is 1. The predicted octanol–water partition coefficient (Wildman–Crippen LogP) is 3.73. The minimum atomic E-state index is -0.497. The lowest BCUT2D eigenvalue weighted by Crippen LogP contribution is -2.13. The van der Waals surface area contributed by atoms with Crippen molar-refractivity contribution in [3.05, 3.63) is 72.2 Å². The summed E-state index contributed by atoms with van der Waals surface area (Å²) in [5.74, 6) is -0.969. The maximum atomic E-state index is 13.6. The van der Waals surface area contributed by atoms with E-state index in [1.54, 1.807) is 12.1 Å². The Balaban J connectivity index is 1.90. The van der Waals surface area contributed by atoms with Crippen LogP contribution < -0.4 is 5.32 Å². The van der Waals surface area contributed by atoms with Gasteiger partial charge in [-0.05, 0) is 12.1 Å². The molecule has 5 heteroatoms. The largest absolute Gasteiger partial charge is 0.363 e. The van der Waals surface area contributed by atoms with Crippen LogP contribution >= 0.6 is 0 Å². The van der Waals surface area contributed by atoms with Gasteiger partial charge in [0, 0.05) is 5.56 Å². The Morgan fingerprint density at radius 2 is 1.76 bits per heavy atom. The van der Waals surface area contributed by atoms with E-state index in [2.05, 4.69) is 10.5 Å². The van der Waals surface area contributed by atoms with Crippen molar-refractivity contribution in [3.8, 4) is 11.3 Å². The number of hydrogen-bond acceptors (Lipinski definition) is 3. The third-order valence-electron chi connectivity index (χ3n) is 2.98. The molecule has 3 aromatic rings. The van der Waals surface area contributed by atoms with Crippen molar-refractivity contribution in [2.75, 3.05) is 5.32 Å². The van der Waals surface area contributed by atoms with Gasteiger partial charge in [0.1, 0.15) is 23.3 Å². The van der Waals surface area contributed by atoms with E-state index in [0.29, 0.717) is 5.69 Å². The fraction of sp³-hybridized carbons (Fsp3) is 0. The number of carbonyl (C=O) groups excluding carboxylic acids is 1. The number of nitrogens with one attached hydrogen (secondary N) is 1. The van der Waals surface area contributed by atoms with E-state index in [1.807, 2.05) is 30.3 Å². The van der Waals surface area contributed by atoms with Gasteiger partial charge in [-0.15, -0.1) is 0 Å². The molecule has 0 spiro atoms. The Kier molecular flexibility index (Phi) is 3.47. The Hall–Kier alpha value is -2.95. The average Bonchev–Trinajstić information content (AvgIpc) is 3.00. The second kappa shape index (κ2) is 5.58. The lowest BCUT2D eigenvalue weighted by atomic mass is 10.1. The van der Waals surface area contributed by atoms with Crippen LogP contribution in [0.15, 0.2) is 65.4 Å². The highest BCUT2D eigenvalue weighted by Crippen LogP contribution is 2.23. The molecule has 1 aromatic heterocycles. The maximum Gasteiger partial charge on any atom is 0.261 e.